The summed E-state index contributed by atoms with van der Waals surface area (Å²) in [5, 5.41) is 0. The van der Waals surface area contributed by atoms with Crippen molar-refractivity contribution in [3.05, 3.63) is 28.8 Å². The van der Waals surface area contributed by atoms with E-state index in [-0.39, 0.29) is 0 Å². The second-order valence-electron chi connectivity index (χ2n) is 1.97. The van der Waals surface area contributed by atoms with Crippen molar-refractivity contribution in [2.24, 2.45) is 0 Å². The summed E-state index contributed by atoms with van der Waals surface area (Å²) in [6.07, 6.45) is 2.09. The van der Waals surface area contributed by atoms with Crippen molar-refractivity contribution in [2.45, 2.75) is 19.8 Å². The Bertz CT molecular complexity index is 158. The Hall–Kier alpha value is -0.300. The molecule has 0 amide bonds. The topological polar surface area (TPSA) is 0 Å². The Labute approximate surface area is 60.5 Å². The fourth-order valence-corrected chi connectivity index (χ4v) is 1.60. The van der Waals surface area contributed by atoms with E-state index in [0.29, 0.717) is 0 Å². The molecule has 1 rings (SSSR count). The Morgan fingerprint density at radius 1 is 1.44 bits per heavy atom. The van der Waals surface area contributed by atoms with Gasteiger partial charge in [0.1, 0.15) is 0 Å². The van der Waals surface area contributed by atoms with Gasteiger partial charge in [-0.05, 0) is 31.9 Å². The molecule has 0 N–H and O–H groups in total. The van der Waals surface area contributed by atoms with Crippen molar-refractivity contribution < 1.29 is 0 Å². The van der Waals surface area contributed by atoms with Gasteiger partial charge in [-0.1, -0.05) is 6.92 Å². The number of rotatable bonds is 2. The third kappa shape index (κ3) is 1.55. The first-order valence-corrected chi connectivity index (χ1v) is 4.05. The van der Waals surface area contributed by atoms with Gasteiger partial charge < -0.3 is 0 Å². The van der Waals surface area contributed by atoms with Crippen molar-refractivity contribution >= 4 is 11.3 Å². The van der Waals surface area contributed by atoms with Crippen LogP contribution in [0.4, 0.5) is 0 Å². The minimum absolute atomic E-state index is 0.935. The quantitative estimate of drug-likeness (QED) is 0.591. The van der Waals surface area contributed by atoms with Crippen LogP contribution in [-0.4, -0.2) is 0 Å². The van der Waals surface area contributed by atoms with Gasteiger partial charge in [-0.3, -0.25) is 0 Å². The zero-order valence-electron chi connectivity index (χ0n) is 5.68. The molecule has 0 nitrogen and oxygen atoms in total. The number of thiophene rings is 1. The van der Waals surface area contributed by atoms with Crippen LogP contribution in [0.25, 0.3) is 0 Å². The fraction of sp³-hybridized carbons (Fsp3) is 0.375. The van der Waals surface area contributed by atoms with Crippen molar-refractivity contribution in [1.82, 2.24) is 0 Å². The van der Waals surface area contributed by atoms with Gasteiger partial charge in [0.05, 0.1) is 0 Å². The smallest absolute Gasteiger partial charge is 0.00481 e. The molecule has 1 heterocycles. The van der Waals surface area contributed by atoms with E-state index in [2.05, 4.69) is 26.0 Å². The summed E-state index contributed by atoms with van der Waals surface area (Å²) in [4.78, 5) is 2.86. The molecule has 0 aliphatic heterocycles. The molecule has 0 aliphatic rings. The molecule has 0 saturated carbocycles. The average Bonchev–Trinajstić information content (AvgIpc) is 2.34. The first-order chi connectivity index (χ1) is 4.36. The van der Waals surface area contributed by atoms with Gasteiger partial charge in [0.15, 0.2) is 0 Å². The highest BCUT2D eigenvalue weighted by Crippen LogP contribution is 2.16. The normalized spacial score (nSPS) is 10.0. The maximum absolute atomic E-state index is 3.81. The second kappa shape index (κ2) is 3.02. The van der Waals surface area contributed by atoms with Crippen LogP contribution in [0.3, 0.4) is 0 Å². The van der Waals surface area contributed by atoms with Crippen LogP contribution in [0.2, 0.25) is 0 Å². The van der Waals surface area contributed by atoms with E-state index < -0.39 is 0 Å². The number of aryl methyl sites for hydroxylation is 1. The van der Waals surface area contributed by atoms with E-state index >= 15 is 0 Å². The van der Waals surface area contributed by atoms with Crippen LogP contribution in [0.15, 0.2) is 12.1 Å². The molecular weight excluding hydrogens is 128 g/mol. The molecule has 0 saturated heterocycles. The van der Waals surface area contributed by atoms with Crippen LogP contribution in [-0.2, 0) is 12.8 Å². The molecule has 1 aromatic heterocycles. The summed E-state index contributed by atoms with van der Waals surface area (Å²) in [5.74, 6) is 0. The maximum Gasteiger partial charge on any atom is 0.00481 e. The molecule has 0 atom stereocenters. The Morgan fingerprint density at radius 2 is 2.11 bits per heavy atom. The molecule has 1 heteroatoms. The lowest BCUT2D eigenvalue weighted by Gasteiger charge is -1.84. The lowest BCUT2D eigenvalue weighted by atomic mass is 10.3. The van der Waals surface area contributed by atoms with Crippen LogP contribution in [0.1, 0.15) is 16.7 Å². The van der Waals surface area contributed by atoms with Gasteiger partial charge in [-0.15, -0.1) is 11.3 Å². The molecule has 1 radical (unpaired) electrons. The Kier molecular flexibility index (Phi) is 2.29. The van der Waals surface area contributed by atoms with Crippen molar-refractivity contribution in [2.75, 3.05) is 0 Å². The molecule has 0 spiro atoms. The molecule has 0 bridgehead atoms. The monoisotopic (exact) mass is 139 g/mol. The van der Waals surface area contributed by atoms with Crippen LogP contribution < -0.4 is 0 Å². The summed E-state index contributed by atoms with van der Waals surface area (Å²) in [7, 11) is 0. The SMILES string of the molecule is [CH2]Cc1ccc(CC)s1. The summed E-state index contributed by atoms with van der Waals surface area (Å²) in [6.45, 7) is 5.99. The summed E-state index contributed by atoms with van der Waals surface area (Å²) >= 11 is 1.87. The summed E-state index contributed by atoms with van der Waals surface area (Å²) in [6, 6.07) is 4.35. The van der Waals surface area contributed by atoms with Gasteiger partial charge in [0.2, 0.25) is 0 Å². The van der Waals surface area contributed by atoms with E-state index in [1.54, 1.807) is 0 Å². The molecule has 0 aromatic carbocycles. The van der Waals surface area contributed by atoms with Crippen LogP contribution in [0, 0.1) is 6.92 Å². The molecule has 49 valence electrons. The maximum atomic E-state index is 3.81. The van der Waals surface area contributed by atoms with E-state index in [9.17, 15) is 0 Å². The Morgan fingerprint density at radius 3 is 2.44 bits per heavy atom. The fourth-order valence-electron chi connectivity index (χ4n) is 0.747. The Balaban J connectivity index is 2.74. The third-order valence-electron chi connectivity index (χ3n) is 1.31. The standard InChI is InChI=1S/C8H11S/c1-3-7-5-6-8(4-2)9-7/h5-6H,1,3-4H2,2H3. The van der Waals surface area contributed by atoms with Crippen LogP contribution in [0.5, 0.6) is 0 Å². The first-order valence-electron chi connectivity index (χ1n) is 3.23. The van der Waals surface area contributed by atoms with Crippen LogP contribution >= 0.6 is 11.3 Å². The molecular formula is C8H11S. The summed E-state index contributed by atoms with van der Waals surface area (Å²) < 4.78 is 0. The van der Waals surface area contributed by atoms with Crippen molar-refractivity contribution in [3.8, 4) is 0 Å². The number of hydrogen-bond donors (Lipinski definition) is 0. The zero-order chi connectivity index (χ0) is 6.69. The van der Waals surface area contributed by atoms with Gasteiger partial charge in [0.25, 0.3) is 0 Å². The lowest BCUT2D eigenvalue weighted by Crippen LogP contribution is -1.66. The van der Waals surface area contributed by atoms with E-state index in [1.165, 1.54) is 9.75 Å². The average molecular weight is 139 g/mol. The van der Waals surface area contributed by atoms with E-state index in [0.717, 1.165) is 12.8 Å². The number of hydrogen-bond acceptors (Lipinski definition) is 1. The molecule has 0 unspecified atom stereocenters. The predicted octanol–water partition coefficient (Wildman–Crippen LogP) is 2.69. The van der Waals surface area contributed by atoms with E-state index in [1.807, 2.05) is 11.3 Å². The second-order valence-corrected chi connectivity index (χ2v) is 3.22. The summed E-state index contributed by atoms with van der Waals surface area (Å²) in [5.41, 5.74) is 0. The van der Waals surface area contributed by atoms with Gasteiger partial charge in [-0.25, -0.2) is 0 Å². The zero-order valence-corrected chi connectivity index (χ0v) is 6.50. The minimum atomic E-state index is 0.935. The van der Waals surface area contributed by atoms with Gasteiger partial charge in [0, 0.05) is 9.75 Å². The van der Waals surface area contributed by atoms with E-state index in [4.69, 9.17) is 0 Å². The van der Waals surface area contributed by atoms with Crippen molar-refractivity contribution in [3.63, 3.8) is 0 Å². The highest BCUT2D eigenvalue weighted by atomic mass is 32.1. The van der Waals surface area contributed by atoms with Gasteiger partial charge >= 0.3 is 0 Å². The highest BCUT2D eigenvalue weighted by molar-refractivity contribution is 7.11. The minimum Gasteiger partial charge on any atom is -0.145 e. The lowest BCUT2D eigenvalue weighted by molar-refractivity contribution is 1.19. The largest absolute Gasteiger partial charge is 0.145 e. The third-order valence-corrected chi connectivity index (χ3v) is 2.60. The molecule has 9 heavy (non-hydrogen) atoms. The van der Waals surface area contributed by atoms with Crippen molar-refractivity contribution in [1.29, 1.82) is 0 Å². The molecule has 0 fully saturated rings. The molecule has 0 aliphatic carbocycles. The molecule has 1 aromatic rings. The highest BCUT2D eigenvalue weighted by Gasteiger charge is 1.93. The van der Waals surface area contributed by atoms with Gasteiger partial charge in [-0.2, -0.15) is 0 Å². The first kappa shape index (κ1) is 6.81. The predicted molar refractivity (Wildman–Crippen MR) is 42.8 cm³/mol.